The zero-order chi connectivity index (χ0) is 15.5. The lowest BCUT2D eigenvalue weighted by Gasteiger charge is -2.12. The molecular weight excluding hydrogens is 270 g/mol. The Kier molecular flexibility index (Phi) is 8.05. The standard InChI is InChI=1S/C15H21N3O3/c1-21-9-8-18-15(20)6-7-17-11-14(19)13-4-2-12(10-16)3-5-13/h2-5,14,17,19H,6-9,11H2,1H3,(H,18,20). The molecule has 0 saturated carbocycles. The first-order valence-electron chi connectivity index (χ1n) is 6.82. The number of nitrogens with one attached hydrogen (secondary N) is 2. The van der Waals surface area contributed by atoms with E-state index in [4.69, 9.17) is 10.00 Å². The Morgan fingerprint density at radius 3 is 2.71 bits per heavy atom. The third kappa shape index (κ3) is 6.86. The predicted octanol–water partition coefficient (Wildman–Crippen LogP) is 0.334. The molecule has 6 heteroatoms. The summed E-state index contributed by atoms with van der Waals surface area (Å²) in [5, 5.41) is 24.4. The van der Waals surface area contributed by atoms with E-state index < -0.39 is 6.10 Å². The Bertz CT molecular complexity index is 468. The van der Waals surface area contributed by atoms with Crippen molar-refractivity contribution in [1.82, 2.24) is 10.6 Å². The molecule has 0 radical (unpaired) electrons. The molecule has 1 unspecified atom stereocenters. The fourth-order valence-corrected chi connectivity index (χ4v) is 1.72. The van der Waals surface area contributed by atoms with Gasteiger partial charge < -0.3 is 20.5 Å². The number of methoxy groups -OCH3 is 1. The summed E-state index contributed by atoms with van der Waals surface area (Å²) >= 11 is 0. The van der Waals surface area contributed by atoms with Gasteiger partial charge in [-0.25, -0.2) is 0 Å². The van der Waals surface area contributed by atoms with Gasteiger partial charge in [0.05, 0.1) is 24.3 Å². The summed E-state index contributed by atoms with van der Waals surface area (Å²) in [6, 6.07) is 8.81. The van der Waals surface area contributed by atoms with Crippen LogP contribution in [-0.4, -0.2) is 44.4 Å². The molecule has 1 amide bonds. The zero-order valence-corrected chi connectivity index (χ0v) is 12.1. The van der Waals surface area contributed by atoms with Gasteiger partial charge in [0.25, 0.3) is 0 Å². The normalized spacial score (nSPS) is 11.7. The van der Waals surface area contributed by atoms with Gasteiger partial charge in [0.2, 0.25) is 5.91 Å². The Hall–Kier alpha value is -1.94. The first-order chi connectivity index (χ1) is 10.2. The summed E-state index contributed by atoms with van der Waals surface area (Å²) in [4.78, 5) is 11.4. The van der Waals surface area contributed by atoms with E-state index in [-0.39, 0.29) is 5.91 Å². The van der Waals surface area contributed by atoms with Crippen molar-refractivity contribution in [2.75, 3.05) is 33.4 Å². The van der Waals surface area contributed by atoms with Crippen molar-refractivity contribution in [1.29, 1.82) is 5.26 Å². The van der Waals surface area contributed by atoms with Crippen LogP contribution in [0.1, 0.15) is 23.7 Å². The quantitative estimate of drug-likeness (QED) is 0.570. The smallest absolute Gasteiger partial charge is 0.221 e. The minimum atomic E-state index is -0.658. The lowest BCUT2D eigenvalue weighted by atomic mass is 10.1. The van der Waals surface area contributed by atoms with E-state index in [1.807, 2.05) is 6.07 Å². The zero-order valence-electron chi connectivity index (χ0n) is 12.1. The molecule has 0 aliphatic heterocycles. The minimum absolute atomic E-state index is 0.0487. The molecule has 1 aromatic carbocycles. The van der Waals surface area contributed by atoms with Gasteiger partial charge in [0.1, 0.15) is 0 Å². The predicted molar refractivity (Wildman–Crippen MR) is 78.5 cm³/mol. The first kappa shape index (κ1) is 17.1. The lowest BCUT2D eigenvalue weighted by Crippen LogP contribution is -2.31. The van der Waals surface area contributed by atoms with Crippen molar-refractivity contribution >= 4 is 5.91 Å². The van der Waals surface area contributed by atoms with Crippen molar-refractivity contribution in [3.05, 3.63) is 35.4 Å². The maximum Gasteiger partial charge on any atom is 0.221 e. The number of benzene rings is 1. The molecule has 1 atom stereocenters. The number of ether oxygens (including phenoxy) is 1. The van der Waals surface area contributed by atoms with Crippen LogP contribution >= 0.6 is 0 Å². The van der Waals surface area contributed by atoms with Gasteiger partial charge >= 0.3 is 0 Å². The molecule has 0 fully saturated rings. The maximum atomic E-state index is 11.4. The molecule has 3 N–H and O–H groups in total. The minimum Gasteiger partial charge on any atom is -0.387 e. The van der Waals surface area contributed by atoms with Crippen molar-refractivity contribution < 1.29 is 14.6 Å². The number of aliphatic hydroxyl groups excluding tert-OH is 1. The highest BCUT2D eigenvalue weighted by Crippen LogP contribution is 2.12. The fraction of sp³-hybridized carbons (Fsp3) is 0.467. The van der Waals surface area contributed by atoms with Gasteiger partial charge in [-0.15, -0.1) is 0 Å². The van der Waals surface area contributed by atoms with Crippen molar-refractivity contribution in [2.24, 2.45) is 0 Å². The van der Waals surface area contributed by atoms with Gasteiger partial charge in [-0.1, -0.05) is 12.1 Å². The van der Waals surface area contributed by atoms with Crippen molar-refractivity contribution in [3.63, 3.8) is 0 Å². The number of hydrogen-bond acceptors (Lipinski definition) is 5. The molecule has 114 valence electrons. The van der Waals surface area contributed by atoms with E-state index in [1.54, 1.807) is 31.4 Å². The van der Waals surface area contributed by atoms with Gasteiger partial charge in [0.15, 0.2) is 0 Å². The van der Waals surface area contributed by atoms with Crippen molar-refractivity contribution in [3.8, 4) is 6.07 Å². The highest BCUT2D eigenvalue weighted by molar-refractivity contribution is 5.76. The summed E-state index contributed by atoms with van der Waals surface area (Å²) in [6.07, 6.45) is -0.307. The SMILES string of the molecule is COCCNC(=O)CCNCC(O)c1ccc(C#N)cc1. The van der Waals surface area contributed by atoms with E-state index >= 15 is 0 Å². The number of aliphatic hydroxyl groups is 1. The molecule has 0 aliphatic carbocycles. The molecule has 0 heterocycles. The summed E-state index contributed by atoms with van der Waals surface area (Å²) in [6.45, 7) is 1.85. The van der Waals surface area contributed by atoms with E-state index in [0.29, 0.717) is 38.2 Å². The third-order valence-corrected chi connectivity index (χ3v) is 2.92. The molecule has 1 aromatic rings. The molecule has 6 nitrogen and oxygen atoms in total. The van der Waals surface area contributed by atoms with Crippen LogP contribution in [0.3, 0.4) is 0 Å². The number of carbonyl (C=O) groups is 1. The van der Waals surface area contributed by atoms with E-state index in [0.717, 1.165) is 5.56 Å². The Labute approximate surface area is 124 Å². The lowest BCUT2D eigenvalue weighted by molar-refractivity contribution is -0.121. The van der Waals surface area contributed by atoms with Crippen LogP contribution in [0.15, 0.2) is 24.3 Å². The molecule has 0 saturated heterocycles. The summed E-state index contributed by atoms with van der Waals surface area (Å²) in [5.74, 6) is -0.0487. The Balaban J connectivity index is 2.19. The largest absolute Gasteiger partial charge is 0.387 e. The van der Waals surface area contributed by atoms with Crippen LogP contribution in [0.5, 0.6) is 0 Å². The fourth-order valence-electron chi connectivity index (χ4n) is 1.72. The van der Waals surface area contributed by atoms with Crippen molar-refractivity contribution in [2.45, 2.75) is 12.5 Å². The number of rotatable bonds is 9. The van der Waals surface area contributed by atoms with E-state index in [2.05, 4.69) is 10.6 Å². The molecule has 21 heavy (non-hydrogen) atoms. The van der Waals surface area contributed by atoms with Crippen LogP contribution in [0, 0.1) is 11.3 Å². The monoisotopic (exact) mass is 291 g/mol. The third-order valence-electron chi connectivity index (χ3n) is 2.92. The molecule has 0 bridgehead atoms. The van der Waals surface area contributed by atoms with Gasteiger partial charge in [0, 0.05) is 33.2 Å². The highest BCUT2D eigenvalue weighted by atomic mass is 16.5. The second-order valence-corrected chi connectivity index (χ2v) is 4.55. The molecule has 0 aliphatic rings. The summed E-state index contributed by atoms with van der Waals surface area (Å²) < 4.78 is 4.83. The molecular formula is C15H21N3O3. The summed E-state index contributed by atoms with van der Waals surface area (Å²) in [7, 11) is 1.58. The van der Waals surface area contributed by atoms with Gasteiger partial charge in [-0.05, 0) is 17.7 Å². The number of nitriles is 1. The van der Waals surface area contributed by atoms with E-state index in [1.165, 1.54) is 0 Å². The second kappa shape index (κ2) is 9.88. The molecule has 0 spiro atoms. The van der Waals surface area contributed by atoms with Crippen LogP contribution in [-0.2, 0) is 9.53 Å². The molecule has 0 aromatic heterocycles. The average Bonchev–Trinajstić information content (AvgIpc) is 2.51. The topological polar surface area (TPSA) is 94.4 Å². The number of nitrogens with zero attached hydrogens (tertiary/aromatic N) is 1. The Morgan fingerprint density at radius 2 is 2.10 bits per heavy atom. The van der Waals surface area contributed by atoms with Crippen LogP contribution in [0.2, 0.25) is 0 Å². The van der Waals surface area contributed by atoms with E-state index in [9.17, 15) is 9.90 Å². The van der Waals surface area contributed by atoms with Crippen LogP contribution in [0.4, 0.5) is 0 Å². The highest BCUT2D eigenvalue weighted by Gasteiger charge is 2.07. The maximum absolute atomic E-state index is 11.4. The number of carbonyl (C=O) groups excluding carboxylic acids is 1. The Morgan fingerprint density at radius 1 is 1.38 bits per heavy atom. The van der Waals surface area contributed by atoms with Crippen LogP contribution < -0.4 is 10.6 Å². The number of hydrogen-bond donors (Lipinski definition) is 3. The van der Waals surface area contributed by atoms with Gasteiger partial charge in [-0.3, -0.25) is 4.79 Å². The number of amides is 1. The second-order valence-electron chi connectivity index (χ2n) is 4.55. The first-order valence-corrected chi connectivity index (χ1v) is 6.82. The van der Waals surface area contributed by atoms with Crippen LogP contribution in [0.25, 0.3) is 0 Å². The summed E-state index contributed by atoms with van der Waals surface area (Å²) in [5.41, 5.74) is 1.30. The average molecular weight is 291 g/mol. The van der Waals surface area contributed by atoms with Gasteiger partial charge in [-0.2, -0.15) is 5.26 Å². The molecule has 1 rings (SSSR count).